The van der Waals surface area contributed by atoms with Crippen molar-refractivity contribution in [2.24, 2.45) is 0 Å². The van der Waals surface area contributed by atoms with E-state index >= 15 is 0 Å². The van der Waals surface area contributed by atoms with Gasteiger partial charge in [-0.15, -0.1) is 0 Å². The van der Waals surface area contributed by atoms with Crippen LogP contribution in [0.2, 0.25) is 0 Å². The van der Waals surface area contributed by atoms with Crippen molar-refractivity contribution in [3.63, 3.8) is 0 Å². The van der Waals surface area contributed by atoms with Crippen LogP contribution in [-0.4, -0.2) is 32.2 Å². The molecule has 0 spiro atoms. The first-order valence-corrected chi connectivity index (χ1v) is 8.74. The number of nitrogens with one attached hydrogen (secondary N) is 1. The highest BCUT2D eigenvalue weighted by molar-refractivity contribution is 7.89. The van der Waals surface area contributed by atoms with Gasteiger partial charge in [0.1, 0.15) is 0 Å². The Morgan fingerprint density at radius 2 is 1.70 bits per heavy atom. The molecule has 0 aliphatic carbocycles. The molecule has 0 aromatic heterocycles. The smallest absolute Gasteiger partial charge is 0.324 e. The summed E-state index contributed by atoms with van der Waals surface area (Å²) in [6.45, 7) is -0.840. The molecule has 0 fully saturated rings. The highest BCUT2D eigenvalue weighted by Gasteiger charge is 2.34. The van der Waals surface area contributed by atoms with Crippen molar-refractivity contribution in [3.05, 3.63) is 59.7 Å². The Balaban J connectivity index is 2.17. The van der Waals surface area contributed by atoms with E-state index in [-0.39, 0.29) is 0 Å². The Bertz CT molecular complexity index is 961. The minimum Gasteiger partial charge on any atom is -0.324 e. The zero-order chi connectivity index (χ0) is 20.4. The van der Waals surface area contributed by atoms with Gasteiger partial charge in [-0.05, 0) is 30.3 Å². The topological polar surface area (TPSA) is 66.5 Å². The Morgan fingerprint density at radius 3 is 2.30 bits per heavy atom. The van der Waals surface area contributed by atoms with E-state index in [1.54, 1.807) is 0 Å². The van der Waals surface area contributed by atoms with Crippen molar-refractivity contribution in [1.29, 1.82) is 0 Å². The summed E-state index contributed by atoms with van der Waals surface area (Å²) in [6, 6.07) is 6.04. The number of halogens is 5. The summed E-state index contributed by atoms with van der Waals surface area (Å²) in [5.41, 5.74) is -1.63. The molecule has 0 radical (unpaired) electrons. The third-order valence-electron chi connectivity index (χ3n) is 3.47. The minimum atomic E-state index is -4.71. The van der Waals surface area contributed by atoms with Crippen molar-refractivity contribution in [3.8, 4) is 0 Å². The maximum Gasteiger partial charge on any atom is 0.418 e. The van der Waals surface area contributed by atoms with Gasteiger partial charge in [-0.2, -0.15) is 17.5 Å². The van der Waals surface area contributed by atoms with Gasteiger partial charge in [-0.3, -0.25) is 4.79 Å². The van der Waals surface area contributed by atoms with Crippen LogP contribution < -0.4 is 5.32 Å². The molecule has 2 rings (SSSR count). The number of likely N-dealkylation sites (N-methyl/N-ethyl adjacent to an activating group) is 1. The van der Waals surface area contributed by atoms with Gasteiger partial charge in [0.2, 0.25) is 15.9 Å². The number of amides is 1. The number of alkyl halides is 3. The Kier molecular flexibility index (Phi) is 5.85. The van der Waals surface area contributed by atoms with Crippen molar-refractivity contribution in [1.82, 2.24) is 4.31 Å². The molecule has 11 heteroatoms. The SMILES string of the molecule is CN(CC(=O)Nc1ccccc1C(F)(F)F)S(=O)(=O)c1ccc(F)c(F)c1. The van der Waals surface area contributed by atoms with Crippen molar-refractivity contribution >= 4 is 21.6 Å². The van der Waals surface area contributed by atoms with E-state index in [4.69, 9.17) is 0 Å². The molecular formula is C16H13F5N2O3S. The number of anilines is 1. The second kappa shape index (κ2) is 7.61. The fourth-order valence-corrected chi connectivity index (χ4v) is 3.27. The summed E-state index contributed by atoms with van der Waals surface area (Å²) >= 11 is 0. The molecule has 0 bridgehead atoms. The van der Waals surface area contributed by atoms with Gasteiger partial charge >= 0.3 is 6.18 Å². The van der Waals surface area contributed by atoms with E-state index in [1.807, 2.05) is 5.32 Å². The first kappa shape index (κ1) is 20.8. The molecule has 1 amide bonds. The number of nitrogens with zero attached hydrogens (tertiary/aromatic N) is 1. The van der Waals surface area contributed by atoms with Gasteiger partial charge in [0.15, 0.2) is 11.6 Å². The number of hydrogen-bond acceptors (Lipinski definition) is 3. The minimum absolute atomic E-state index is 0.442. The number of sulfonamides is 1. The fourth-order valence-electron chi connectivity index (χ4n) is 2.13. The molecule has 2 aromatic carbocycles. The maximum atomic E-state index is 13.2. The number of benzene rings is 2. The van der Waals surface area contributed by atoms with Crippen molar-refractivity contribution in [2.45, 2.75) is 11.1 Å². The highest BCUT2D eigenvalue weighted by atomic mass is 32.2. The summed E-state index contributed by atoms with van der Waals surface area (Å²) in [6.07, 6.45) is -4.71. The van der Waals surface area contributed by atoms with Gasteiger partial charge in [0.05, 0.1) is 22.7 Å². The lowest BCUT2D eigenvalue weighted by molar-refractivity contribution is -0.137. The average molecular weight is 408 g/mol. The largest absolute Gasteiger partial charge is 0.418 e. The molecule has 0 heterocycles. The zero-order valence-corrected chi connectivity index (χ0v) is 14.5. The standard InChI is InChI=1S/C16H13F5N2O3S/c1-23(27(25,26)10-6-7-12(17)13(18)8-10)9-15(24)22-14-5-3-2-4-11(14)16(19,20)21/h2-8H,9H2,1H3,(H,22,24). The monoisotopic (exact) mass is 408 g/mol. The first-order valence-electron chi connectivity index (χ1n) is 7.30. The predicted octanol–water partition coefficient (Wildman–Crippen LogP) is 3.24. The Hall–Kier alpha value is -2.53. The van der Waals surface area contributed by atoms with Gasteiger partial charge < -0.3 is 5.32 Å². The number of carbonyl (C=O) groups is 1. The van der Waals surface area contributed by atoms with Crippen LogP contribution in [0.25, 0.3) is 0 Å². The molecule has 0 unspecified atom stereocenters. The van der Waals surface area contributed by atoms with Crippen LogP contribution >= 0.6 is 0 Å². The number of rotatable bonds is 5. The van der Waals surface area contributed by atoms with Gasteiger partial charge in [-0.25, -0.2) is 17.2 Å². The Labute approximate surface area is 151 Å². The molecule has 2 aromatic rings. The lowest BCUT2D eigenvalue weighted by Gasteiger charge is -2.18. The van der Waals surface area contributed by atoms with Gasteiger partial charge in [0, 0.05) is 7.05 Å². The predicted molar refractivity (Wildman–Crippen MR) is 86.2 cm³/mol. The molecule has 0 atom stereocenters. The third kappa shape index (κ3) is 4.80. The van der Waals surface area contributed by atoms with E-state index in [0.717, 1.165) is 31.3 Å². The van der Waals surface area contributed by atoms with Crippen molar-refractivity contribution < 1.29 is 35.2 Å². The fraction of sp³-hybridized carbons (Fsp3) is 0.188. The van der Waals surface area contributed by atoms with Crippen LogP contribution in [0.15, 0.2) is 47.4 Å². The van der Waals surface area contributed by atoms with E-state index in [0.29, 0.717) is 16.4 Å². The van der Waals surface area contributed by atoms with E-state index in [9.17, 15) is 35.2 Å². The summed E-state index contributed by atoms with van der Waals surface area (Å²) < 4.78 is 90.0. The summed E-state index contributed by atoms with van der Waals surface area (Å²) in [5.74, 6) is -3.69. The molecule has 5 nitrogen and oxygen atoms in total. The quantitative estimate of drug-likeness (QED) is 0.773. The molecule has 1 N–H and O–H groups in total. The Morgan fingerprint density at radius 1 is 1.07 bits per heavy atom. The van der Waals surface area contributed by atoms with Gasteiger partial charge in [0.25, 0.3) is 0 Å². The highest BCUT2D eigenvalue weighted by Crippen LogP contribution is 2.34. The molecular weight excluding hydrogens is 395 g/mol. The molecule has 0 aliphatic heterocycles. The van der Waals surface area contributed by atoms with Crippen LogP contribution in [0.5, 0.6) is 0 Å². The van der Waals surface area contributed by atoms with Gasteiger partial charge in [-0.1, -0.05) is 12.1 Å². The zero-order valence-electron chi connectivity index (χ0n) is 13.7. The average Bonchev–Trinajstić information content (AvgIpc) is 2.56. The van der Waals surface area contributed by atoms with Crippen LogP contribution in [0.1, 0.15) is 5.56 Å². The summed E-state index contributed by atoms with van der Waals surface area (Å²) in [4.78, 5) is 11.4. The number of para-hydroxylation sites is 1. The van der Waals surface area contributed by atoms with E-state index in [1.165, 1.54) is 6.07 Å². The second-order valence-electron chi connectivity index (χ2n) is 5.43. The molecule has 0 saturated heterocycles. The first-order chi connectivity index (χ1) is 12.4. The summed E-state index contributed by atoms with van der Waals surface area (Å²) in [7, 11) is -3.38. The molecule has 146 valence electrons. The maximum absolute atomic E-state index is 13.2. The normalized spacial score (nSPS) is 12.3. The number of carbonyl (C=O) groups excluding carboxylic acids is 1. The lowest BCUT2D eigenvalue weighted by Crippen LogP contribution is -2.35. The second-order valence-corrected chi connectivity index (χ2v) is 7.47. The third-order valence-corrected chi connectivity index (χ3v) is 5.27. The molecule has 0 saturated carbocycles. The van der Waals surface area contributed by atoms with E-state index in [2.05, 4.69) is 0 Å². The van der Waals surface area contributed by atoms with E-state index < -0.39 is 56.4 Å². The molecule has 0 aliphatic rings. The molecule has 27 heavy (non-hydrogen) atoms. The summed E-state index contributed by atoms with van der Waals surface area (Å²) in [5, 5.41) is 1.99. The number of hydrogen-bond donors (Lipinski definition) is 1. The van der Waals surface area contributed by atoms with Crippen molar-refractivity contribution in [2.75, 3.05) is 18.9 Å². The van der Waals surface area contributed by atoms with Crippen LogP contribution in [0.4, 0.5) is 27.6 Å². The van der Waals surface area contributed by atoms with Crippen LogP contribution in [0, 0.1) is 11.6 Å². The van der Waals surface area contributed by atoms with Crippen LogP contribution in [-0.2, 0) is 21.0 Å². The van der Waals surface area contributed by atoms with Crippen LogP contribution in [0.3, 0.4) is 0 Å². The lowest BCUT2D eigenvalue weighted by atomic mass is 10.1.